The summed E-state index contributed by atoms with van der Waals surface area (Å²) in [6.45, 7) is 0. The van der Waals surface area contributed by atoms with Crippen LogP contribution >= 0.6 is 34.8 Å². The van der Waals surface area contributed by atoms with E-state index in [9.17, 15) is 14.4 Å². The molecule has 4 nitrogen and oxygen atoms in total. The van der Waals surface area contributed by atoms with Crippen LogP contribution in [0.25, 0.3) is 6.08 Å². The standard InChI is InChI=1S/C33H20Cl3NO3/c34-20-12-9-19(10-13-20)30(38)29-28(24-15-14-21(35)17-25(24)36)33(31(39)22-6-2-3-7-23(22)32(33)40)27-16-11-18-5-1-4-8-26(18)37(27)29/h1-17,27-29H/t27-,28-,29+/m0/s1. The van der Waals surface area contributed by atoms with Crippen LogP contribution in [0.1, 0.15) is 48.1 Å². The lowest BCUT2D eigenvalue weighted by Crippen LogP contribution is -2.48. The van der Waals surface area contributed by atoms with E-state index in [1.165, 1.54) is 0 Å². The van der Waals surface area contributed by atoms with Gasteiger partial charge in [0, 0.05) is 43.4 Å². The average molecular weight is 585 g/mol. The minimum atomic E-state index is -1.63. The Balaban J connectivity index is 1.56. The largest absolute Gasteiger partial charge is 0.352 e. The summed E-state index contributed by atoms with van der Waals surface area (Å²) in [4.78, 5) is 45.8. The third-order valence-electron chi connectivity index (χ3n) is 8.41. The monoisotopic (exact) mass is 583 g/mol. The van der Waals surface area contributed by atoms with Crippen molar-refractivity contribution in [1.82, 2.24) is 0 Å². The molecule has 3 atom stereocenters. The number of benzene rings is 4. The van der Waals surface area contributed by atoms with Crippen molar-refractivity contribution in [2.24, 2.45) is 5.41 Å². The van der Waals surface area contributed by atoms with Crippen molar-refractivity contribution in [1.29, 1.82) is 0 Å². The first-order valence-electron chi connectivity index (χ1n) is 12.8. The van der Waals surface area contributed by atoms with Crippen LogP contribution < -0.4 is 4.90 Å². The van der Waals surface area contributed by atoms with Gasteiger partial charge in [0.05, 0.1) is 6.04 Å². The fraction of sp³-hybridized carbons (Fsp3) is 0.121. The molecule has 0 aromatic heterocycles. The molecule has 0 amide bonds. The predicted molar refractivity (Wildman–Crippen MR) is 158 cm³/mol. The average Bonchev–Trinajstić information content (AvgIpc) is 3.39. The summed E-state index contributed by atoms with van der Waals surface area (Å²) < 4.78 is 0. The molecule has 0 saturated carbocycles. The van der Waals surface area contributed by atoms with Crippen molar-refractivity contribution in [3.05, 3.63) is 140 Å². The van der Waals surface area contributed by atoms with Crippen molar-refractivity contribution in [3.8, 4) is 0 Å². The minimum Gasteiger partial charge on any atom is -0.352 e. The molecule has 1 aliphatic carbocycles. The second kappa shape index (κ2) is 9.17. The summed E-state index contributed by atoms with van der Waals surface area (Å²) in [6, 6.07) is 24.6. The first-order valence-corrected chi connectivity index (χ1v) is 14.0. The minimum absolute atomic E-state index is 0.240. The number of anilines is 1. The van der Waals surface area contributed by atoms with Gasteiger partial charge in [-0.1, -0.05) is 95.5 Å². The van der Waals surface area contributed by atoms with Crippen molar-refractivity contribution in [2.75, 3.05) is 4.90 Å². The van der Waals surface area contributed by atoms with Crippen LogP contribution in [0.3, 0.4) is 0 Å². The van der Waals surface area contributed by atoms with Crippen molar-refractivity contribution in [2.45, 2.75) is 18.0 Å². The van der Waals surface area contributed by atoms with E-state index in [-0.39, 0.29) is 17.3 Å². The van der Waals surface area contributed by atoms with Gasteiger partial charge in [0.25, 0.3) is 0 Å². The molecule has 1 fully saturated rings. The second-order valence-corrected chi connectivity index (χ2v) is 11.6. The fourth-order valence-corrected chi connectivity index (χ4v) is 7.45. The maximum Gasteiger partial charge on any atom is 0.185 e. The quantitative estimate of drug-likeness (QED) is 0.181. The number of rotatable bonds is 3. The fourth-order valence-electron chi connectivity index (χ4n) is 6.80. The van der Waals surface area contributed by atoms with Gasteiger partial charge < -0.3 is 4.90 Å². The normalized spacial score (nSPS) is 21.9. The molecule has 4 aromatic rings. The third kappa shape index (κ3) is 3.37. The van der Waals surface area contributed by atoms with E-state index in [1.807, 2.05) is 41.3 Å². The number of ketones is 3. The van der Waals surface area contributed by atoms with Gasteiger partial charge in [-0.15, -0.1) is 0 Å². The molecule has 2 heterocycles. The van der Waals surface area contributed by atoms with Gasteiger partial charge in [-0.2, -0.15) is 0 Å². The van der Waals surface area contributed by atoms with Crippen LogP contribution in [-0.2, 0) is 0 Å². The van der Waals surface area contributed by atoms with Gasteiger partial charge in [-0.3, -0.25) is 14.4 Å². The zero-order valence-electron chi connectivity index (χ0n) is 20.9. The van der Waals surface area contributed by atoms with Crippen molar-refractivity contribution in [3.63, 3.8) is 0 Å². The number of carbonyl (C=O) groups excluding carboxylic acids is 3. The highest BCUT2D eigenvalue weighted by molar-refractivity contribution is 6.36. The molecule has 196 valence electrons. The van der Waals surface area contributed by atoms with E-state index in [1.54, 1.807) is 66.7 Å². The van der Waals surface area contributed by atoms with Crippen LogP contribution in [0, 0.1) is 5.41 Å². The molecular formula is C33H20Cl3NO3. The molecule has 0 N–H and O–H groups in total. The molecule has 0 unspecified atom stereocenters. The molecule has 3 aliphatic rings. The van der Waals surface area contributed by atoms with Gasteiger partial charge in [0.1, 0.15) is 11.5 Å². The van der Waals surface area contributed by atoms with E-state index in [2.05, 4.69) is 0 Å². The third-order valence-corrected chi connectivity index (χ3v) is 9.22. The van der Waals surface area contributed by atoms with Gasteiger partial charge in [0.15, 0.2) is 17.3 Å². The van der Waals surface area contributed by atoms with Crippen LogP contribution in [0.5, 0.6) is 0 Å². The smallest absolute Gasteiger partial charge is 0.185 e. The number of halogens is 3. The Morgan fingerprint density at radius 2 is 1.38 bits per heavy atom. The zero-order valence-corrected chi connectivity index (χ0v) is 23.1. The Labute approximate surface area is 245 Å². The van der Waals surface area contributed by atoms with Crippen molar-refractivity contribution < 1.29 is 14.4 Å². The van der Waals surface area contributed by atoms with E-state index in [0.29, 0.717) is 37.3 Å². The Hall–Kier alpha value is -3.70. The maximum atomic E-state index is 14.6. The summed E-state index contributed by atoms with van der Waals surface area (Å²) in [5, 5.41) is 1.20. The first-order chi connectivity index (χ1) is 19.3. The lowest BCUT2D eigenvalue weighted by atomic mass is 9.64. The van der Waals surface area contributed by atoms with Gasteiger partial charge >= 0.3 is 0 Å². The molecule has 0 radical (unpaired) electrons. The summed E-state index contributed by atoms with van der Waals surface area (Å²) in [6.07, 6.45) is 3.81. The summed E-state index contributed by atoms with van der Waals surface area (Å²) in [7, 11) is 0. The predicted octanol–water partition coefficient (Wildman–Crippen LogP) is 7.96. The van der Waals surface area contributed by atoms with Crippen LogP contribution in [0.4, 0.5) is 5.69 Å². The molecule has 40 heavy (non-hydrogen) atoms. The van der Waals surface area contributed by atoms with E-state index < -0.39 is 23.4 Å². The number of nitrogens with zero attached hydrogens (tertiary/aromatic N) is 1. The Bertz CT molecular complexity index is 1740. The molecule has 7 rings (SSSR count). The number of carbonyl (C=O) groups is 3. The highest BCUT2D eigenvalue weighted by Crippen LogP contribution is 2.61. The van der Waals surface area contributed by atoms with Crippen molar-refractivity contribution >= 4 is 63.9 Å². The van der Waals surface area contributed by atoms with E-state index in [4.69, 9.17) is 34.8 Å². The number of fused-ring (bicyclic) bond motifs is 5. The Morgan fingerprint density at radius 3 is 2.05 bits per heavy atom. The topological polar surface area (TPSA) is 54.5 Å². The molecule has 1 spiro atoms. The molecular weight excluding hydrogens is 565 g/mol. The lowest BCUT2D eigenvalue weighted by Gasteiger charge is -2.37. The Morgan fingerprint density at radius 1 is 0.750 bits per heavy atom. The SMILES string of the molecule is O=C(c1ccc(Cl)cc1)[C@H]1[C@H](c2ccc(Cl)cc2Cl)C2(C(=O)c3ccccc3C2=O)[C@@H]2C=Cc3ccccc3N21. The summed E-state index contributed by atoms with van der Waals surface area (Å²) in [5.74, 6) is -1.77. The molecule has 0 bridgehead atoms. The van der Waals surface area contributed by atoms with Gasteiger partial charge in [-0.05, 0) is 53.6 Å². The number of hydrogen-bond acceptors (Lipinski definition) is 4. The van der Waals surface area contributed by atoms with Gasteiger partial charge in [0.2, 0.25) is 0 Å². The molecule has 2 aliphatic heterocycles. The van der Waals surface area contributed by atoms with Crippen LogP contribution in [0.2, 0.25) is 15.1 Å². The number of para-hydroxylation sites is 1. The number of hydrogen-bond donors (Lipinski definition) is 0. The molecule has 4 aromatic carbocycles. The highest BCUT2D eigenvalue weighted by Gasteiger charge is 2.71. The van der Waals surface area contributed by atoms with Crippen LogP contribution in [0.15, 0.2) is 97.1 Å². The summed E-state index contributed by atoms with van der Waals surface area (Å²) in [5.41, 5.74) is 1.68. The lowest BCUT2D eigenvalue weighted by molar-refractivity contribution is 0.0666. The van der Waals surface area contributed by atoms with Gasteiger partial charge in [-0.25, -0.2) is 0 Å². The summed E-state index contributed by atoms with van der Waals surface area (Å²) >= 11 is 19.3. The zero-order chi connectivity index (χ0) is 27.8. The van der Waals surface area contributed by atoms with Crippen LogP contribution in [-0.4, -0.2) is 29.4 Å². The molecule has 1 saturated heterocycles. The molecule has 7 heteroatoms. The highest BCUT2D eigenvalue weighted by atomic mass is 35.5. The number of Topliss-reactive ketones (excluding diaryl/α,β-unsaturated/α-hetero) is 3. The maximum absolute atomic E-state index is 14.6. The second-order valence-electron chi connectivity index (χ2n) is 10.3. The van der Waals surface area contributed by atoms with E-state index in [0.717, 1.165) is 11.3 Å². The van der Waals surface area contributed by atoms with E-state index >= 15 is 0 Å². The first kappa shape index (κ1) is 25.3. The Kier molecular flexibility index (Phi) is 5.79.